The SMILES string of the molecule is COC(=O)CC1C(C)(C(=O)c2ccoc2)CC(OC(C)=O)C23OC4(C)OC12C(OC(C)=O)C1(O)C(OC(C)=O)C2(C)CC1(O4)C3(C)C2CC(=O)OC. The second-order valence-electron chi connectivity index (χ2n) is 15.9. The van der Waals surface area contributed by atoms with Crippen molar-refractivity contribution in [3.8, 4) is 0 Å². The summed E-state index contributed by atoms with van der Waals surface area (Å²) in [4.78, 5) is 81.4. The molecule has 1 N–H and O–H groups in total. The first-order valence-electron chi connectivity index (χ1n) is 17.2. The summed E-state index contributed by atoms with van der Waals surface area (Å²) < 4.78 is 54.9. The van der Waals surface area contributed by atoms with E-state index in [-0.39, 0.29) is 24.8 Å². The molecule has 6 aliphatic rings. The summed E-state index contributed by atoms with van der Waals surface area (Å²) >= 11 is 0. The van der Waals surface area contributed by atoms with E-state index in [0.717, 1.165) is 21.0 Å². The van der Waals surface area contributed by atoms with Crippen LogP contribution in [0.15, 0.2) is 23.0 Å². The van der Waals surface area contributed by atoms with Crippen LogP contribution in [0.5, 0.6) is 0 Å². The second kappa shape index (κ2) is 10.9. The van der Waals surface area contributed by atoms with E-state index >= 15 is 0 Å². The van der Waals surface area contributed by atoms with Crippen molar-refractivity contribution in [2.45, 2.75) is 121 Å². The van der Waals surface area contributed by atoms with Crippen LogP contribution in [0.3, 0.4) is 0 Å². The predicted octanol–water partition coefficient (Wildman–Crippen LogP) is 2.17. The molecule has 1 aromatic rings. The number of ether oxygens (including phenoxy) is 8. The van der Waals surface area contributed by atoms with Crippen molar-refractivity contribution in [2.75, 3.05) is 14.2 Å². The van der Waals surface area contributed by atoms with Gasteiger partial charge in [0.1, 0.15) is 24.1 Å². The first-order valence-corrected chi connectivity index (χ1v) is 17.2. The molecule has 4 bridgehead atoms. The van der Waals surface area contributed by atoms with Crippen molar-refractivity contribution in [1.82, 2.24) is 0 Å². The highest BCUT2D eigenvalue weighted by Crippen LogP contribution is 2.89. The highest BCUT2D eigenvalue weighted by molar-refractivity contribution is 6.01. The maximum absolute atomic E-state index is 14.9. The summed E-state index contributed by atoms with van der Waals surface area (Å²) in [5.41, 5.74) is -13.4. The quantitative estimate of drug-likeness (QED) is 0.219. The molecule has 7 rings (SSSR count). The number of Topliss-reactive ketones (excluding diaryl/α,β-unsaturated/α-hetero) is 1. The molecule has 3 heterocycles. The fourth-order valence-corrected chi connectivity index (χ4v) is 12.3. The molecule has 13 atom stereocenters. The van der Waals surface area contributed by atoms with Crippen LogP contribution in [-0.4, -0.2) is 102 Å². The number of hydrogen-bond acceptors (Lipinski definition) is 16. The van der Waals surface area contributed by atoms with E-state index in [4.69, 9.17) is 42.3 Å². The lowest BCUT2D eigenvalue weighted by Crippen LogP contribution is -2.96. The van der Waals surface area contributed by atoms with Gasteiger partial charge in [-0.2, -0.15) is 0 Å². The van der Waals surface area contributed by atoms with E-state index in [2.05, 4.69) is 0 Å². The van der Waals surface area contributed by atoms with Crippen LogP contribution in [0.2, 0.25) is 0 Å². The van der Waals surface area contributed by atoms with Crippen molar-refractivity contribution < 1.29 is 76.2 Å². The molecule has 1 aromatic heterocycles. The first kappa shape index (κ1) is 36.5. The lowest BCUT2D eigenvalue weighted by molar-refractivity contribution is -0.486. The van der Waals surface area contributed by atoms with E-state index in [1.54, 1.807) is 20.8 Å². The number of carbonyl (C=O) groups excluding carboxylic acids is 6. The molecule has 4 aliphatic carbocycles. The Hall–Kier alpha value is -3.86. The summed E-state index contributed by atoms with van der Waals surface area (Å²) in [5.74, 6) is -8.95. The van der Waals surface area contributed by atoms with Gasteiger partial charge in [-0.25, -0.2) is 0 Å². The molecule has 6 fully saturated rings. The minimum atomic E-state index is -2.49. The minimum Gasteiger partial charge on any atom is -0.472 e. The van der Waals surface area contributed by atoms with Crippen LogP contribution in [0.1, 0.15) is 84.5 Å². The van der Waals surface area contributed by atoms with Crippen LogP contribution in [-0.2, 0) is 61.9 Å². The largest absolute Gasteiger partial charge is 0.472 e. The van der Waals surface area contributed by atoms with Gasteiger partial charge in [0.2, 0.25) is 0 Å². The Kier molecular flexibility index (Phi) is 7.62. The maximum atomic E-state index is 14.9. The van der Waals surface area contributed by atoms with Crippen LogP contribution >= 0.6 is 0 Å². The Bertz CT molecular complexity index is 1770. The van der Waals surface area contributed by atoms with Gasteiger partial charge in [-0.15, -0.1) is 0 Å². The van der Waals surface area contributed by atoms with Gasteiger partial charge in [0, 0.05) is 62.7 Å². The predicted molar refractivity (Wildman–Crippen MR) is 168 cm³/mol. The summed E-state index contributed by atoms with van der Waals surface area (Å²) in [5, 5.41) is 13.7. The number of fused-ring (bicyclic) bond motifs is 2. The molecule has 0 aromatic carbocycles. The highest BCUT2D eigenvalue weighted by atomic mass is 16.9. The molecule has 0 radical (unpaired) electrons. The Morgan fingerprint density at radius 3 is 1.92 bits per heavy atom. The van der Waals surface area contributed by atoms with Crippen LogP contribution in [0, 0.1) is 28.1 Å². The smallest absolute Gasteiger partial charge is 0.305 e. The first-order chi connectivity index (χ1) is 24.1. The third kappa shape index (κ3) is 3.86. The van der Waals surface area contributed by atoms with Gasteiger partial charge in [0.25, 0.3) is 5.97 Å². The molecule has 0 amide bonds. The zero-order valence-corrected chi connectivity index (χ0v) is 30.5. The van der Waals surface area contributed by atoms with Gasteiger partial charge in [0.05, 0.1) is 32.5 Å². The third-order valence-corrected chi connectivity index (χ3v) is 13.5. The van der Waals surface area contributed by atoms with Crippen LogP contribution in [0.25, 0.3) is 0 Å². The van der Waals surface area contributed by atoms with Gasteiger partial charge in [-0.1, -0.05) is 20.8 Å². The zero-order chi connectivity index (χ0) is 38.2. The number of aliphatic hydroxyl groups is 1. The van der Waals surface area contributed by atoms with E-state index in [9.17, 15) is 33.9 Å². The zero-order valence-electron chi connectivity index (χ0n) is 30.5. The number of esters is 5. The van der Waals surface area contributed by atoms with E-state index in [0.29, 0.717) is 0 Å². The maximum Gasteiger partial charge on any atom is 0.305 e. The third-order valence-electron chi connectivity index (χ3n) is 13.5. The standard InChI is InChI=1S/C36H44O16/c1-17(37)47-23-14-29(4,26(42)20-10-11-46-15-20)22(13-25(41)45-9)35-28(49-19(3)39)34(43)27(48-18(2)38)30(5)16-33(34)31(6,21(30)12-24(40)44-8)36(23,35)52-32(7,50-33)51-35/h10-11,15,21-23,27-28,43H,12-14,16H2,1-9H3. The number of methoxy groups -OCH3 is 2. The lowest BCUT2D eigenvalue weighted by Gasteiger charge is -2.77. The number of rotatable bonds is 9. The summed E-state index contributed by atoms with van der Waals surface area (Å²) in [7, 11) is 2.37. The molecular weight excluding hydrogens is 688 g/mol. The Balaban J connectivity index is 1.66. The number of furan rings is 1. The lowest BCUT2D eigenvalue weighted by atomic mass is 9.33. The summed E-state index contributed by atoms with van der Waals surface area (Å²) in [6, 6.07) is 1.43. The normalized spacial score (nSPS) is 47.3. The summed E-state index contributed by atoms with van der Waals surface area (Å²) in [6.45, 7) is 9.85. The molecule has 2 saturated heterocycles. The molecule has 52 heavy (non-hydrogen) atoms. The van der Waals surface area contributed by atoms with Gasteiger partial charge in [-0.05, 0) is 18.4 Å². The molecule has 2 spiro atoms. The van der Waals surface area contributed by atoms with Gasteiger partial charge in [-0.3, -0.25) is 28.8 Å². The molecule has 2 aliphatic heterocycles. The minimum absolute atomic E-state index is 0.0792. The topological polar surface area (TPSA) is 210 Å². The fourth-order valence-electron chi connectivity index (χ4n) is 12.3. The van der Waals surface area contributed by atoms with Crippen molar-refractivity contribution in [3.63, 3.8) is 0 Å². The van der Waals surface area contributed by atoms with Crippen molar-refractivity contribution in [3.05, 3.63) is 24.2 Å². The average Bonchev–Trinajstić information content (AvgIpc) is 3.75. The Labute approximate surface area is 299 Å². The van der Waals surface area contributed by atoms with Crippen LogP contribution < -0.4 is 0 Å². The van der Waals surface area contributed by atoms with Crippen LogP contribution in [0.4, 0.5) is 0 Å². The Morgan fingerprint density at radius 1 is 0.808 bits per heavy atom. The van der Waals surface area contributed by atoms with E-state index in [1.807, 2.05) is 0 Å². The molecular formula is C36H44O16. The molecule has 284 valence electrons. The average molecular weight is 733 g/mol. The van der Waals surface area contributed by atoms with Gasteiger partial charge >= 0.3 is 29.8 Å². The summed E-state index contributed by atoms with van der Waals surface area (Å²) in [6.07, 6.45) is -3.58. The number of hydrogen-bond donors (Lipinski definition) is 1. The van der Waals surface area contributed by atoms with Crippen molar-refractivity contribution in [1.29, 1.82) is 0 Å². The molecule has 16 nitrogen and oxygen atoms in total. The molecule has 4 saturated carbocycles. The number of carbonyl (C=O) groups is 6. The monoisotopic (exact) mass is 732 g/mol. The highest BCUT2D eigenvalue weighted by Gasteiger charge is 3.05. The van der Waals surface area contributed by atoms with E-state index < -0.39 is 117 Å². The van der Waals surface area contributed by atoms with Gasteiger partial charge in [0.15, 0.2) is 28.7 Å². The second-order valence-corrected chi connectivity index (χ2v) is 15.9. The Morgan fingerprint density at radius 2 is 1.38 bits per heavy atom. The van der Waals surface area contributed by atoms with Crippen molar-refractivity contribution in [2.24, 2.45) is 28.1 Å². The van der Waals surface area contributed by atoms with Crippen molar-refractivity contribution >= 4 is 35.6 Å². The number of ketones is 1. The fraction of sp³-hybridized carbons (Fsp3) is 0.722. The molecule has 13 unspecified atom stereocenters. The van der Waals surface area contributed by atoms with E-state index in [1.165, 1.54) is 39.5 Å². The molecule has 16 heteroatoms. The van der Waals surface area contributed by atoms with Gasteiger partial charge < -0.3 is 47.4 Å².